The Hall–Kier alpha value is -7.11. The van der Waals surface area contributed by atoms with Gasteiger partial charge in [-0.15, -0.1) is 34.9 Å². The standard InChI is InChI=1S/C34H38O5S.C31H41NO5S2.C29H35NO5S.C27H34N2O5S/c1-31(2)38-29-17-26-25-12-10-22-16-23(35)13-14-32(22,3)30(25)27(36)18-33(26,4)34(29,39-31)28(37)19-40-24-11-9-20-7-5-6-8-21(20)15-24;1-27(2,3)22-15-38-26(32-22)39-16-23(35)31-24(36-28(4,5)37-31)13-20-19-9-8-17-12-18(33)10-11-29(17,6)25(19)21(34)14-30(20,31)7;1-26(2)34-24-14-21-20-6-5-17-13-18(31)7-10-27(17,3)25(20)22(32)15-28(21,4)29(24,35-26)23(33)16-36-19-8-11-30-12-9-19;1-24(2)33-21-12-18-17-6-5-15-11-16(30)7-8-25(15,3)22(17)19(31)13-26(18,4)27(21,34-24)20(32)14-35-23-28-9-10-29-23/h5-9,11,13-16,25-27,29-30,36H,10,12,17-19H2,1-4H3;10-12,15,19-21,24-25,34H,8-9,13-14,16H2,1-7H3;7-13,20-22,24-25,32H,5-6,14-16H2,1-4H3;7-11,17-19,21-22,31H,5-6,12-14H2,1-4H3,(H,28,29)/t25?,26?,27-,29+,30?,32?,33?,34+;19?,20?,21-,24+,25?,29?,30?,31+;20?,21?,22-,24+,25?,27?,28?,29+;17?,18?,19-,21+,22?,25?,26?,27+/m0000/s1. The number of carbonyl (C=O) groups excluding carboxylic acids is 8. The molecule has 0 spiro atoms. The predicted molar refractivity (Wildman–Crippen MR) is 575 cm³/mol. The first-order chi connectivity index (χ1) is 70.6. The summed E-state index contributed by atoms with van der Waals surface area (Å²) in [6, 6.07) is 18.4. The molecular weight excluding hydrogens is 1990 g/mol. The van der Waals surface area contributed by atoms with Crippen LogP contribution in [0.25, 0.3) is 10.8 Å². The van der Waals surface area contributed by atoms with Crippen molar-refractivity contribution < 1.29 is 96.7 Å². The number of nitrogens with one attached hydrogen (secondary N) is 1. The van der Waals surface area contributed by atoms with Gasteiger partial charge in [0.1, 0.15) is 0 Å². The van der Waals surface area contributed by atoms with Crippen LogP contribution in [-0.4, -0.2) is 204 Å². The molecule has 150 heavy (non-hydrogen) atoms. The van der Waals surface area contributed by atoms with Crippen molar-refractivity contribution in [3.63, 3.8) is 0 Å². The van der Waals surface area contributed by atoms with Crippen LogP contribution in [0.15, 0.2) is 199 Å². The molecule has 20 unspecified atom stereocenters. The number of hydrogen-bond acceptors (Lipinski definition) is 28. The third-order valence-corrected chi connectivity index (χ3v) is 46.0. The van der Waals surface area contributed by atoms with Crippen LogP contribution in [0.2, 0.25) is 0 Å². The van der Waals surface area contributed by atoms with Crippen LogP contribution in [0.4, 0.5) is 0 Å². The Kier molecular flexibility index (Phi) is 26.6. The molecule has 4 aliphatic heterocycles. The van der Waals surface area contributed by atoms with Gasteiger partial charge in [0, 0.05) is 112 Å². The van der Waals surface area contributed by atoms with E-state index in [0.29, 0.717) is 30.8 Å². The van der Waals surface area contributed by atoms with E-state index >= 15 is 0 Å². The summed E-state index contributed by atoms with van der Waals surface area (Å²) in [7, 11) is 0. The first-order valence-corrected chi connectivity index (χ1v) is 59.4. The SMILES string of the molecule is CC1(C)O[C@@H]2CC3C4CCC5=CC(=O)C=CC5(C)C4[C@@H](O)CC3(C)[C@]2(C(=O)CSc2ccc3ccccc3c2)O1.CC1(C)O[C@@H]2CC3C4CCC5=CC(=O)C=CC5(C)C4[C@@H](O)CC3(C)[C@]2(C(=O)CSc2ccncc2)O1.CC1(C)O[C@@H]2CC3C4CCC5=CC(=O)C=CC5(C)C4[C@@H](O)CC3(C)[C@]2(C(=O)CSc2nc(C(C)(C)C)cs2)O1.CC1(C)O[C@@H]2CC3C4CCC5=CC(=O)C=CC5(C)C4[C@@H](O)CC3(C)[C@]2(C(=O)CSc2ncc[nH]2)O1. The molecule has 24 nitrogen and oxygen atoms in total. The molecule has 0 bridgehead atoms. The number of pyridine rings is 1. The van der Waals surface area contributed by atoms with E-state index in [4.69, 9.17) is 42.9 Å². The number of allylic oxidation sites excluding steroid dienone is 16. The molecule has 20 aliphatic rings. The summed E-state index contributed by atoms with van der Waals surface area (Å²) in [5, 5.41) is 52.4. The average Bonchev–Trinajstić information content (AvgIpc) is 1.52. The van der Waals surface area contributed by atoms with Gasteiger partial charge in [0.05, 0.1) is 77.5 Å². The Balaban J connectivity index is 0.000000113. The predicted octanol–water partition coefficient (Wildman–Crippen LogP) is 20.5. The van der Waals surface area contributed by atoms with E-state index in [1.54, 1.807) is 96.5 Å². The zero-order valence-electron chi connectivity index (χ0n) is 89.9. The molecule has 16 fully saturated rings. The van der Waals surface area contributed by atoms with Crippen molar-refractivity contribution in [1.82, 2.24) is 19.9 Å². The number of ether oxygens (including phenoxy) is 8. The van der Waals surface area contributed by atoms with E-state index in [9.17, 15) is 58.8 Å². The Bertz CT molecular complexity index is 6590. The van der Waals surface area contributed by atoms with Gasteiger partial charge in [-0.05, 0) is 289 Å². The number of aliphatic hydroxyl groups is 4. The number of rotatable bonds is 16. The van der Waals surface area contributed by atoms with Gasteiger partial charge in [0.2, 0.25) is 0 Å². The number of benzene rings is 2. The lowest BCUT2D eigenvalue weighted by Gasteiger charge is -2.60. The normalized spacial score (nSPS) is 43.2. The van der Waals surface area contributed by atoms with Crippen molar-refractivity contribution in [3.8, 4) is 0 Å². The molecule has 7 heterocycles. The number of aromatic nitrogens is 4. The van der Waals surface area contributed by atoms with E-state index in [2.05, 4.69) is 127 Å². The number of thioether (sulfide) groups is 4. The summed E-state index contributed by atoms with van der Waals surface area (Å²) >= 11 is 7.50. The number of hydrogen-bond donors (Lipinski definition) is 5. The second kappa shape index (κ2) is 37.3. The van der Waals surface area contributed by atoms with E-state index in [1.165, 1.54) is 40.7 Å². The van der Waals surface area contributed by atoms with Crippen molar-refractivity contribution in [2.45, 2.75) is 353 Å². The quantitative estimate of drug-likeness (QED) is 0.0573. The number of thiazole rings is 1. The fraction of sp³-hybridized carbons (Fsp3) is 0.628. The fourth-order valence-electron chi connectivity index (χ4n) is 35.4. The van der Waals surface area contributed by atoms with Gasteiger partial charge in [0.25, 0.3) is 0 Å². The maximum absolute atomic E-state index is 14.5. The monoisotopic (exact) mass is 2140 g/mol. The number of fused-ring (bicyclic) bond motifs is 29. The molecule has 5 N–H and O–H groups in total. The highest BCUT2D eigenvalue weighted by atomic mass is 32.2. The van der Waals surface area contributed by atoms with Crippen LogP contribution in [0, 0.1) is 114 Å². The molecule has 4 saturated heterocycles. The van der Waals surface area contributed by atoms with Crippen molar-refractivity contribution >= 4 is 115 Å². The Labute approximate surface area is 902 Å². The van der Waals surface area contributed by atoms with E-state index in [0.717, 1.165) is 125 Å². The number of carbonyl (C=O) groups is 8. The highest BCUT2D eigenvalue weighted by Gasteiger charge is 2.83. The van der Waals surface area contributed by atoms with Crippen molar-refractivity contribution in [2.75, 3.05) is 23.0 Å². The zero-order valence-corrected chi connectivity index (χ0v) is 94.0. The Morgan fingerprint density at radius 1 is 0.407 bits per heavy atom. The maximum Gasteiger partial charge on any atom is 0.178 e. The van der Waals surface area contributed by atoms with Gasteiger partial charge in [-0.3, -0.25) is 43.3 Å². The van der Waals surface area contributed by atoms with Crippen LogP contribution in [0.1, 0.15) is 240 Å². The molecule has 3 aromatic heterocycles. The highest BCUT2D eigenvalue weighted by molar-refractivity contribution is 8.01. The number of aliphatic hydroxyl groups excluding tert-OH is 4. The molecule has 12 saturated carbocycles. The lowest BCUT2D eigenvalue weighted by Crippen LogP contribution is -2.63. The topological polar surface area (TPSA) is 346 Å². The van der Waals surface area contributed by atoms with Crippen molar-refractivity contribution in [2.24, 2.45) is 114 Å². The van der Waals surface area contributed by atoms with Gasteiger partial charge in [-0.1, -0.05) is 177 Å². The van der Waals surface area contributed by atoms with E-state index in [-0.39, 0.29) is 192 Å². The summed E-state index contributed by atoms with van der Waals surface area (Å²) in [4.78, 5) is 124. The minimum Gasteiger partial charge on any atom is -0.393 e. The smallest absolute Gasteiger partial charge is 0.178 e. The summed E-state index contributed by atoms with van der Waals surface area (Å²) in [6.07, 6.45) is 36.7. The number of imidazole rings is 1. The van der Waals surface area contributed by atoms with Crippen LogP contribution in [-0.2, 0) is 81.7 Å². The summed E-state index contributed by atoms with van der Waals surface area (Å²) in [5.41, 5.74) is -2.51. The van der Waals surface area contributed by atoms with Crippen LogP contribution in [0.5, 0.6) is 0 Å². The minimum atomic E-state index is -1.11. The Morgan fingerprint density at radius 3 is 1.05 bits per heavy atom. The van der Waals surface area contributed by atoms with Crippen LogP contribution < -0.4 is 0 Å². The molecule has 5 aromatic rings. The van der Waals surface area contributed by atoms with Gasteiger partial charge in [-0.25, -0.2) is 9.97 Å². The molecule has 29 heteroatoms. The highest BCUT2D eigenvalue weighted by Crippen LogP contribution is 2.77. The summed E-state index contributed by atoms with van der Waals surface area (Å²) in [6.45, 7) is 38.9. The maximum atomic E-state index is 14.5. The molecule has 0 radical (unpaired) electrons. The second-order valence-electron chi connectivity index (χ2n) is 51.8. The number of Topliss-reactive ketones (excluding diaryl/α,β-unsaturated/α-hetero) is 4. The third-order valence-electron chi connectivity index (χ3n) is 41.1. The van der Waals surface area contributed by atoms with Crippen LogP contribution >= 0.6 is 58.4 Å². The lowest BCUT2D eigenvalue weighted by atomic mass is 9.46. The number of ketones is 8. The van der Waals surface area contributed by atoms with Crippen molar-refractivity contribution in [1.29, 1.82) is 0 Å². The molecule has 802 valence electrons. The Morgan fingerprint density at radius 2 is 0.727 bits per heavy atom. The van der Waals surface area contributed by atoms with Crippen LogP contribution in [0.3, 0.4) is 0 Å². The molecule has 2 aromatic carbocycles. The van der Waals surface area contributed by atoms with Gasteiger partial charge >= 0.3 is 0 Å². The first kappa shape index (κ1) is 107. The minimum absolute atomic E-state index is 0.000531. The summed E-state index contributed by atoms with van der Waals surface area (Å²) in [5.74, 6) is -0.539. The average molecular weight is 2140 g/mol. The molecular formula is C121H148N4O20S5. The van der Waals surface area contributed by atoms with Gasteiger partial charge < -0.3 is 63.3 Å². The lowest BCUT2D eigenvalue weighted by molar-refractivity contribution is -0.223. The van der Waals surface area contributed by atoms with Gasteiger partial charge in [0.15, 0.2) is 101 Å². The first-order valence-electron chi connectivity index (χ1n) is 54.6. The number of aromatic amines is 1. The number of H-pyrrole nitrogens is 1. The third kappa shape index (κ3) is 16.7. The molecule has 16 aliphatic carbocycles. The van der Waals surface area contributed by atoms with Gasteiger partial charge in [-0.2, -0.15) is 0 Å². The number of nitrogens with zero attached hydrogens (tertiary/aromatic N) is 3. The molecule has 0 amide bonds. The fourth-order valence-corrected chi connectivity index (χ4v) is 39.8. The van der Waals surface area contributed by atoms with E-state index in [1.807, 2.05) is 104 Å². The second-order valence-corrected chi connectivity index (χ2v) is 57.0. The van der Waals surface area contributed by atoms with Crippen molar-refractivity contribution in [3.05, 3.63) is 186 Å². The molecule has 32 atom stereocenters. The largest absolute Gasteiger partial charge is 0.393 e. The van der Waals surface area contributed by atoms with E-state index < -0.39 is 91.6 Å². The molecule has 25 rings (SSSR count). The summed E-state index contributed by atoms with van der Waals surface area (Å²) < 4.78 is 53.6. The zero-order chi connectivity index (χ0) is 107.